The first kappa shape index (κ1) is 22.1. The number of ether oxygens (including phenoxy) is 4. The lowest BCUT2D eigenvalue weighted by molar-refractivity contribution is -0.0365. The summed E-state index contributed by atoms with van der Waals surface area (Å²) in [4.78, 5) is 12.2. The molecule has 182 valence electrons. The standard InChI is InChI=1S/C27H29N3O5/c31-27-28-8-3-10-33-22-5-6-24-23(15-22)26(29-30(24)25-4-1-2-9-34-25)21-13-18(16-35-27)12-20(14-21)19-7-11-32-17-19/h5-7,12-15,25H,1-4,8-11,16-17H2,(H,28,31). The normalized spacial score (nSPS) is 21.0. The van der Waals surface area contributed by atoms with Crippen molar-refractivity contribution < 1.29 is 23.7 Å². The first-order chi connectivity index (χ1) is 17.2. The molecule has 2 aromatic carbocycles. The van der Waals surface area contributed by atoms with Crippen LogP contribution in [-0.2, 0) is 20.8 Å². The van der Waals surface area contributed by atoms with E-state index in [9.17, 15) is 4.79 Å². The lowest BCUT2D eigenvalue weighted by atomic mass is 9.97. The Morgan fingerprint density at radius 3 is 2.77 bits per heavy atom. The summed E-state index contributed by atoms with van der Waals surface area (Å²) >= 11 is 0. The second-order valence-electron chi connectivity index (χ2n) is 9.16. The van der Waals surface area contributed by atoms with Crippen molar-refractivity contribution in [3.63, 3.8) is 0 Å². The molecule has 1 amide bonds. The second kappa shape index (κ2) is 9.71. The summed E-state index contributed by atoms with van der Waals surface area (Å²) in [5.74, 6) is 0.781. The highest BCUT2D eigenvalue weighted by Crippen LogP contribution is 2.36. The Labute approximate surface area is 203 Å². The van der Waals surface area contributed by atoms with Crippen LogP contribution in [0.15, 0.2) is 42.5 Å². The number of carbonyl (C=O) groups is 1. The van der Waals surface area contributed by atoms with Gasteiger partial charge in [0.1, 0.15) is 18.1 Å². The summed E-state index contributed by atoms with van der Waals surface area (Å²) in [5, 5.41) is 8.89. The predicted molar refractivity (Wildman–Crippen MR) is 131 cm³/mol. The van der Waals surface area contributed by atoms with E-state index in [4.69, 9.17) is 24.0 Å². The van der Waals surface area contributed by atoms with Crippen molar-refractivity contribution >= 4 is 22.6 Å². The van der Waals surface area contributed by atoms with Crippen LogP contribution in [0.2, 0.25) is 0 Å². The molecule has 3 aliphatic rings. The van der Waals surface area contributed by atoms with Crippen LogP contribution in [-0.4, -0.2) is 48.8 Å². The van der Waals surface area contributed by atoms with Gasteiger partial charge in [0.25, 0.3) is 0 Å². The van der Waals surface area contributed by atoms with E-state index in [0.29, 0.717) is 32.8 Å². The molecule has 1 fully saturated rings. The number of hydrogen-bond donors (Lipinski definition) is 1. The molecule has 0 saturated carbocycles. The first-order valence-electron chi connectivity index (χ1n) is 12.3. The lowest BCUT2D eigenvalue weighted by Crippen LogP contribution is -2.26. The predicted octanol–water partition coefficient (Wildman–Crippen LogP) is 4.82. The third-order valence-electron chi connectivity index (χ3n) is 6.68. The molecule has 3 aromatic rings. The lowest BCUT2D eigenvalue weighted by Gasteiger charge is -2.23. The zero-order valence-electron chi connectivity index (χ0n) is 19.6. The minimum Gasteiger partial charge on any atom is -0.494 e. The Kier molecular flexibility index (Phi) is 6.14. The van der Waals surface area contributed by atoms with E-state index in [2.05, 4.69) is 35.7 Å². The molecule has 0 aliphatic carbocycles. The molecule has 1 N–H and O–H groups in total. The second-order valence-corrected chi connectivity index (χ2v) is 9.16. The van der Waals surface area contributed by atoms with Gasteiger partial charge in [0, 0.05) is 24.1 Å². The van der Waals surface area contributed by atoms with Gasteiger partial charge in [-0.05, 0) is 78.8 Å². The Morgan fingerprint density at radius 2 is 1.91 bits per heavy atom. The van der Waals surface area contributed by atoms with Gasteiger partial charge < -0.3 is 24.3 Å². The Bertz CT molecular complexity index is 1280. The van der Waals surface area contributed by atoms with E-state index in [1.54, 1.807) is 0 Å². The van der Waals surface area contributed by atoms with E-state index in [0.717, 1.165) is 70.5 Å². The smallest absolute Gasteiger partial charge is 0.407 e. The number of nitrogens with zero attached hydrogens (tertiary/aromatic N) is 2. The number of carbonyl (C=O) groups excluding carboxylic acids is 1. The third-order valence-corrected chi connectivity index (χ3v) is 6.68. The van der Waals surface area contributed by atoms with Crippen LogP contribution < -0.4 is 10.1 Å². The number of aromatic nitrogens is 2. The topological polar surface area (TPSA) is 83.8 Å². The Hall–Kier alpha value is -3.36. The van der Waals surface area contributed by atoms with Crippen LogP contribution in [0, 0.1) is 0 Å². The highest BCUT2D eigenvalue weighted by Gasteiger charge is 2.23. The minimum atomic E-state index is -0.433. The highest BCUT2D eigenvalue weighted by atomic mass is 16.5. The molecule has 1 aromatic heterocycles. The molecule has 0 radical (unpaired) electrons. The van der Waals surface area contributed by atoms with Gasteiger partial charge in [0.2, 0.25) is 0 Å². The monoisotopic (exact) mass is 475 g/mol. The summed E-state index contributed by atoms with van der Waals surface area (Å²) in [6.07, 6.45) is 5.40. The Morgan fingerprint density at radius 1 is 0.971 bits per heavy atom. The maximum Gasteiger partial charge on any atom is 0.407 e. The van der Waals surface area contributed by atoms with Gasteiger partial charge in [-0.25, -0.2) is 9.48 Å². The van der Waals surface area contributed by atoms with Crippen molar-refractivity contribution in [1.29, 1.82) is 0 Å². The van der Waals surface area contributed by atoms with E-state index in [-0.39, 0.29) is 12.8 Å². The molecular weight excluding hydrogens is 446 g/mol. The van der Waals surface area contributed by atoms with Crippen molar-refractivity contribution in [3.05, 3.63) is 53.6 Å². The minimum absolute atomic E-state index is 0.0852. The van der Waals surface area contributed by atoms with Gasteiger partial charge >= 0.3 is 6.09 Å². The molecule has 6 rings (SSSR count). The molecule has 4 bridgehead atoms. The number of amides is 1. The van der Waals surface area contributed by atoms with Crippen molar-refractivity contribution in [1.82, 2.24) is 15.1 Å². The van der Waals surface area contributed by atoms with Crippen molar-refractivity contribution in [2.75, 3.05) is 33.0 Å². The van der Waals surface area contributed by atoms with Gasteiger partial charge in [-0.2, -0.15) is 5.10 Å². The fourth-order valence-electron chi connectivity index (χ4n) is 4.90. The van der Waals surface area contributed by atoms with Gasteiger partial charge in [0.05, 0.1) is 25.3 Å². The molecule has 8 nitrogen and oxygen atoms in total. The average molecular weight is 476 g/mol. The maximum atomic E-state index is 12.2. The van der Waals surface area contributed by atoms with Gasteiger partial charge in [-0.1, -0.05) is 6.08 Å². The fourth-order valence-corrected chi connectivity index (χ4v) is 4.90. The number of benzene rings is 2. The average Bonchev–Trinajstić information content (AvgIpc) is 3.56. The number of rotatable bonds is 2. The molecule has 1 unspecified atom stereocenters. The van der Waals surface area contributed by atoms with Crippen LogP contribution in [0.5, 0.6) is 5.75 Å². The quantitative estimate of drug-likeness (QED) is 0.572. The Balaban J connectivity index is 1.51. The fraction of sp³-hybridized carbons (Fsp3) is 0.407. The van der Waals surface area contributed by atoms with Gasteiger partial charge in [0.15, 0.2) is 6.23 Å². The summed E-state index contributed by atoms with van der Waals surface area (Å²) in [7, 11) is 0. The highest BCUT2D eigenvalue weighted by molar-refractivity contribution is 5.95. The van der Waals surface area contributed by atoms with E-state index in [1.165, 1.54) is 0 Å². The van der Waals surface area contributed by atoms with Crippen molar-refractivity contribution in [3.8, 4) is 17.0 Å². The maximum absolute atomic E-state index is 12.2. The largest absolute Gasteiger partial charge is 0.494 e. The van der Waals surface area contributed by atoms with Crippen LogP contribution in [0.1, 0.15) is 43.0 Å². The molecule has 3 aliphatic heterocycles. The van der Waals surface area contributed by atoms with Gasteiger partial charge in [-0.15, -0.1) is 0 Å². The van der Waals surface area contributed by atoms with Crippen molar-refractivity contribution in [2.24, 2.45) is 0 Å². The third kappa shape index (κ3) is 4.63. The SMILES string of the molecule is O=C1NCCCOc2ccc3c(c2)c(nn3C2CCCCO2)-c2cc(cc(C3=CCOC3)c2)CO1. The van der Waals surface area contributed by atoms with Crippen LogP contribution in [0.3, 0.4) is 0 Å². The molecule has 1 saturated heterocycles. The molecular formula is C27H29N3O5. The first-order valence-corrected chi connectivity index (χ1v) is 12.3. The summed E-state index contributed by atoms with van der Waals surface area (Å²) in [6.45, 7) is 3.06. The summed E-state index contributed by atoms with van der Waals surface area (Å²) in [5.41, 5.74) is 5.92. The molecule has 0 spiro atoms. The van der Waals surface area contributed by atoms with Crippen molar-refractivity contribution in [2.45, 2.75) is 38.5 Å². The van der Waals surface area contributed by atoms with Crippen LogP contribution in [0.25, 0.3) is 27.7 Å². The number of hydrogen-bond acceptors (Lipinski definition) is 6. The molecule has 35 heavy (non-hydrogen) atoms. The van der Waals surface area contributed by atoms with E-state index in [1.807, 2.05) is 16.8 Å². The van der Waals surface area contributed by atoms with Crippen LogP contribution >= 0.6 is 0 Å². The zero-order valence-corrected chi connectivity index (χ0v) is 19.6. The molecule has 8 heteroatoms. The summed E-state index contributed by atoms with van der Waals surface area (Å²) in [6, 6.07) is 12.4. The van der Waals surface area contributed by atoms with Crippen LogP contribution in [0.4, 0.5) is 4.79 Å². The zero-order chi connectivity index (χ0) is 23.6. The van der Waals surface area contributed by atoms with Gasteiger partial charge in [-0.3, -0.25) is 0 Å². The molecule has 1 atom stereocenters. The van der Waals surface area contributed by atoms with E-state index < -0.39 is 6.09 Å². The molecule has 4 heterocycles. The van der Waals surface area contributed by atoms with E-state index >= 15 is 0 Å². The number of alkyl carbamates (subject to hydrolysis) is 1. The number of cyclic esters (lactones) is 1. The number of fused-ring (bicyclic) bond motifs is 4. The summed E-state index contributed by atoms with van der Waals surface area (Å²) < 4.78 is 25.2. The number of nitrogens with one attached hydrogen (secondary N) is 1.